The van der Waals surface area contributed by atoms with Gasteiger partial charge in [0.15, 0.2) is 5.78 Å². The van der Waals surface area contributed by atoms with E-state index in [1.807, 2.05) is 36.4 Å². The molecule has 1 aliphatic carbocycles. The predicted octanol–water partition coefficient (Wildman–Crippen LogP) is 5.00. The van der Waals surface area contributed by atoms with Crippen LogP contribution in [0.1, 0.15) is 36.3 Å². The van der Waals surface area contributed by atoms with Crippen molar-refractivity contribution in [1.82, 2.24) is 9.97 Å². The minimum atomic E-state index is -0.0771. The topological polar surface area (TPSA) is 76.2 Å². The number of benzene rings is 1. The van der Waals surface area contributed by atoms with Crippen molar-refractivity contribution in [3.63, 3.8) is 0 Å². The molecule has 0 spiro atoms. The van der Waals surface area contributed by atoms with Gasteiger partial charge in [0.2, 0.25) is 0 Å². The molecule has 0 fully saturated rings. The van der Waals surface area contributed by atoms with E-state index in [0.717, 1.165) is 40.3 Å². The van der Waals surface area contributed by atoms with Crippen LogP contribution in [0.5, 0.6) is 5.75 Å². The quantitative estimate of drug-likeness (QED) is 0.541. The van der Waals surface area contributed by atoms with Crippen LogP contribution in [0.4, 0.5) is 11.4 Å². The molecule has 6 nitrogen and oxygen atoms in total. The average Bonchev–Trinajstić information content (AvgIpc) is 3.06. The van der Waals surface area contributed by atoms with Crippen LogP contribution < -0.4 is 10.1 Å². The number of pyridine rings is 1. The number of hydrogen-bond donors (Lipinski definition) is 2. The molecule has 0 radical (unpaired) electrons. The number of fused-ring (bicyclic) bond motifs is 1. The molecular weight excluding hydrogens is 378 g/mol. The summed E-state index contributed by atoms with van der Waals surface area (Å²) in [6.45, 7) is 5.16. The van der Waals surface area contributed by atoms with Gasteiger partial charge >= 0.3 is 0 Å². The molecule has 156 valence electrons. The SMILES string of the molecule is COCCOc1cnccc1-c1[nH]c2c(c1Nc1ccccc1)C(=O)CC(C)(C)C2. The maximum atomic E-state index is 13.1. The fraction of sp³-hybridized carbons (Fsp3) is 0.333. The summed E-state index contributed by atoms with van der Waals surface area (Å²) in [6.07, 6.45) is 4.76. The molecule has 1 aliphatic rings. The van der Waals surface area contributed by atoms with Gasteiger partial charge in [-0.1, -0.05) is 32.0 Å². The van der Waals surface area contributed by atoms with Crippen molar-refractivity contribution < 1.29 is 14.3 Å². The number of Topliss-reactive ketones (excluding diaryl/α,β-unsaturated/α-hetero) is 1. The van der Waals surface area contributed by atoms with Crippen molar-refractivity contribution in [2.45, 2.75) is 26.7 Å². The number of ketones is 1. The molecule has 0 saturated heterocycles. The van der Waals surface area contributed by atoms with Crippen LogP contribution in [-0.4, -0.2) is 36.1 Å². The summed E-state index contributed by atoms with van der Waals surface area (Å²) in [4.78, 5) is 20.9. The van der Waals surface area contributed by atoms with E-state index in [1.165, 1.54) is 0 Å². The summed E-state index contributed by atoms with van der Waals surface area (Å²) in [5.74, 6) is 0.800. The minimum Gasteiger partial charge on any atom is -0.489 e. The average molecular weight is 405 g/mol. The lowest BCUT2D eigenvalue weighted by Crippen LogP contribution is -2.26. The number of hydrogen-bond acceptors (Lipinski definition) is 5. The summed E-state index contributed by atoms with van der Waals surface area (Å²) in [5, 5.41) is 3.48. The van der Waals surface area contributed by atoms with Gasteiger partial charge in [0.1, 0.15) is 12.4 Å². The molecule has 2 aromatic heterocycles. The largest absolute Gasteiger partial charge is 0.489 e. The maximum Gasteiger partial charge on any atom is 0.167 e. The van der Waals surface area contributed by atoms with E-state index in [-0.39, 0.29) is 11.2 Å². The van der Waals surface area contributed by atoms with Gasteiger partial charge in [-0.05, 0) is 30.0 Å². The molecular formula is C24H27N3O3. The fourth-order valence-electron chi connectivity index (χ4n) is 3.99. The van der Waals surface area contributed by atoms with Gasteiger partial charge in [-0.25, -0.2) is 0 Å². The Morgan fingerprint density at radius 1 is 1.13 bits per heavy atom. The lowest BCUT2D eigenvalue weighted by Gasteiger charge is -2.28. The molecule has 1 aromatic carbocycles. The van der Waals surface area contributed by atoms with Crippen molar-refractivity contribution in [2.75, 3.05) is 25.6 Å². The van der Waals surface area contributed by atoms with Gasteiger partial charge in [0.25, 0.3) is 0 Å². The molecule has 0 bridgehead atoms. The highest BCUT2D eigenvalue weighted by atomic mass is 16.5. The van der Waals surface area contributed by atoms with Gasteiger partial charge in [0.05, 0.1) is 29.7 Å². The first-order valence-corrected chi connectivity index (χ1v) is 10.1. The Balaban J connectivity index is 1.83. The number of nitrogens with one attached hydrogen (secondary N) is 2. The second kappa shape index (κ2) is 8.32. The van der Waals surface area contributed by atoms with Crippen LogP contribution in [0.25, 0.3) is 11.3 Å². The second-order valence-electron chi connectivity index (χ2n) is 8.37. The van der Waals surface area contributed by atoms with Gasteiger partial charge in [-0.3, -0.25) is 9.78 Å². The number of aromatic nitrogens is 2. The predicted molar refractivity (Wildman–Crippen MR) is 118 cm³/mol. The first-order chi connectivity index (χ1) is 14.5. The third-order valence-corrected chi connectivity index (χ3v) is 5.29. The zero-order chi connectivity index (χ0) is 21.1. The number of rotatable bonds is 7. The number of H-pyrrole nitrogens is 1. The van der Waals surface area contributed by atoms with E-state index in [2.05, 4.69) is 29.1 Å². The second-order valence-corrected chi connectivity index (χ2v) is 8.37. The molecule has 2 heterocycles. The number of carbonyl (C=O) groups is 1. The molecule has 0 amide bonds. The van der Waals surface area contributed by atoms with Crippen LogP contribution in [0.15, 0.2) is 48.8 Å². The van der Waals surface area contributed by atoms with E-state index in [4.69, 9.17) is 9.47 Å². The van der Waals surface area contributed by atoms with E-state index in [0.29, 0.717) is 25.4 Å². The fourth-order valence-corrected chi connectivity index (χ4v) is 3.99. The number of methoxy groups -OCH3 is 1. The third-order valence-electron chi connectivity index (χ3n) is 5.29. The van der Waals surface area contributed by atoms with Crippen molar-refractivity contribution in [3.05, 3.63) is 60.0 Å². The number of anilines is 2. The molecule has 0 saturated carbocycles. The number of ether oxygens (including phenoxy) is 2. The highest BCUT2D eigenvalue weighted by Gasteiger charge is 2.36. The Kier molecular flexibility index (Phi) is 5.59. The monoisotopic (exact) mass is 405 g/mol. The number of para-hydroxylation sites is 1. The lowest BCUT2D eigenvalue weighted by molar-refractivity contribution is 0.0912. The Morgan fingerprint density at radius 2 is 1.93 bits per heavy atom. The Bertz CT molecular complexity index is 1040. The maximum absolute atomic E-state index is 13.1. The van der Waals surface area contributed by atoms with Gasteiger partial charge < -0.3 is 19.8 Å². The van der Waals surface area contributed by atoms with E-state index >= 15 is 0 Å². The van der Waals surface area contributed by atoms with E-state index < -0.39 is 0 Å². The Morgan fingerprint density at radius 3 is 2.70 bits per heavy atom. The standard InChI is InChI=1S/C24H27N3O3/c1-24(2)13-18-21(19(28)14-24)23(26-16-7-5-4-6-8-16)22(27-18)17-9-10-25-15-20(17)30-12-11-29-3/h4-10,15,26-27H,11-14H2,1-3H3. The normalized spacial score (nSPS) is 15.0. The first-order valence-electron chi connectivity index (χ1n) is 10.1. The van der Waals surface area contributed by atoms with Crippen molar-refractivity contribution >= 4 is 17.2 Å². The molecule has 3 aromatic rings. The summed E-state index contributed by atoms with van der Waals surface area (Å²) >= 11 is 0. The zero-order valence-corrected chi connectivity index (χ0v) is 17.6. The van der Waals surface area contributed by atoms with Crippen LogP contribution in [-0.2, 0) is 11.2 Å². The summed E-state index contributed by atoms with van der Waals surface area (Å²) < 4.78 is 11.0. The van der Waals surface area contributed by atoms with Gasteiger partial charge in [-0.15, -0.1) is 0 Å². The minimum absolute atomic E-state index is 0.0771. The molecule has 2 N–H and O–H groups in total. The van der Waals surface area contributed by atoms with Crippen LogP contribution in [0.3, 0.4) is 0 Å². The highest BCUT2D eigenvalue weighted by molar-refractivity contribution is 6.08. The lowest BCUT2D eigenvalue weighted by atomic mass is 9.76. The van der Waals surface area contributed by atoms with Crippen LogP contribution in [0, 0.1) is 5.41 Å². The van der Waals surface area contributed by atoms with Crippen molar-refractivity contribution in [3.8, 4) is 17.0 Å². The molecule has 0 aliphatic heterocycles. The third kappa shape index (κ3) is 4.09. The smallest absolute Gasteiger partial charge is 0.167 e. The number of nitrogens with zero attached hydrogens (tertiary/aromatic N) is 1. The number of carbonyl (C=O) groups excluding carboxylic acids is 1. The van der Waals surface area contributed by atoms with Gasteiger partial charge in [-0.2, -0.15) is 0 Å². The molecule has 4 rings (SSSR count). The zero-order valence-electron chi connectivity index (χ0n) is 17.6. The van der Waals surface area contributed by atoms with Crippen LogP contribution in [0.2, 0.25) is 0 Å². The van der Waals surface area contributed by atoms with Crippen molar-refractivity contribution in [1.29, 1.82) is 0 Å². The summed E-state index contributed by atoms with van der Waals surface area (Å²) in [7, 11) is 1.64. The van der Waals surface area contributed by atoms with E-state index in [1.54, 1.807) is 19.5 Å². The first kappa shape index (κ1) is 20.2. The van der Waals surface area contributed by atoms with E-state index in [9.17, 15) is 4.79 Å². The highest BCUT2D eigenvalue weighted by Crippen LogP contribution is 2.44. The molecule has 6 heteroatoms. The molecule has 30 heavy (non-hydrogen) atoms. The molecule has 0 unspecified atom stereocenters. The summed E-state index contributed by atoms with van der Waals surface area (Å²) in [5.41, 5.74) is 5.04. The Labute approximate surface area is 176 Å². The van der Waals surface area contributed by atoms with Crippen LogP contribution >= 0.6 is 0 Å². The Hall–Kier alpha value is -3.12. The van der Waals surface area contributed by atoms with Crippen molar-refractivity contribution in [2.24, 2.45) is 5.41 Å². The van der Waals surface area contributed by atoms with Gasteiger partial charge in [0, 0.05) is 36.7 Å². The molecule has 0 atom stereocenters. The number of aromatic amines is 1. The summed E-state index contributed by atoms with van der Waals surface area (Å²) in [6, 6.07) is 11.8.